The SMILES string of the molecule is O=C(O)CCP(CCC(=O)O)CCC(=O)O.O=C(O)CCP(CCC(=O)O)CCC(=O)O. The van der Waals surface area contributed by atoms with Gasteiger partial charge in [0.25, 0.3) is 0 Å². The summed E-state index contributed by atoms with van der Waals surface area (Å²) >= 11 is 0. The van der Waals surface area contributed by atoms with Crippen LogP contribution in [0.4, 0.5) is 0 Å². The van der Waals surface area contributed by atoms with Crippen LogP contribution in [-0.4, -0.2) is 103 Å². The predicted molar refractivity (Wildman–Crippen MR) is 117 cm³/mol. The van der Waals surface area contributed by atoms with Gasteiger partial charge in [-0.25, -0.2) is 0 Å². The van der Waals surface area contributed by atoms with Gasteiger partial charge in [-0.05, 0) is 37.0 Å². The van der Waals surface area contributed by atoms with E-state index in [9.17, 15) is 28.8 Å². The quantitative estimate of drug-likeness (QED) is 0.148. The Kier molecular flexibility index (Phi) is 19.3. The number of carboxylic acid groups (broad SMARTS) is 6. The molecule has 0 amide bonds. The van der Waals surface area contributed by atoms with Gasteiger partial charge in [-0.2, -0.15) is 0 Å². The van der Waals surface area contributed by atoms with E-state index in [0.29, 0.717) is 37.0 Å². The smallest absolute Gasteiger partial charge is 0.303 e. The molecule has 14 heteroatoms. The molecule has 0 aromatic heterocycles. The lowest BCUT2D eigenvalue weighted by atomic mass is 10.5. The van der Waals surface area contributed by atoms with Crippen molar-refractivity contribution in [2.45, 2.75) is 38.5 Å². The van der Waals surface area contributed by atoms with E-state index in [1.54, 1.807) is 0 Å². The summed E-state index contributed by atoms with van der Waals surface area (Å²) in [5.41, 5.74) is 0. The summed E-state index contributed by atoms with van der Waals surface area (Å²) in [4.78, 5) is 62.1. The van der Waals surface area contributed by atoms with E-state index in [4.69, 9.17) is 30.6 Å². The van der Waals surface area contributed by atoms with E-state index in [1.165, 1.54) is 0 Å². The van der Waals surface area contributed by atoms with Crippen molar-refractivity contribution in [3.8, 4) is 0 Å². The second-order valence-corrected chi connectivity index (χ2v) is 11.9. The third-order valence-corrected chi connectivity index (χ3v) is 8.99. The Morgan fingerprint density at radius 1 is 0.344 bits per heavy atom. The molecule has 0 aromatic rings. The van der Waals surface area contributed by atoms with E-state index in [1.807, 2.05) is 0 Å². The molecule has 0 fully saturated rings. The van der Waals surface area contributed by atoms with Gasteiger partial charge in [-0.3, -0.25) is 28.8 Å². The molecule has 0 atom stereocenters. The maximum atomic E-state index is 10.4. The van der Waals surface area contributed by atoms with Gasteiger partial charge < -0.3 is 30.6 Å². The molecular formula is C18H30O12P2. The summed E-state index contributed by atoms with van der Waals surface area (Å²) in [6.07, 6.45) is 2.23. The van der Waals surface area contributed by atoms with Gasteiger partial charge in [0.15, 0.2) is 0 Å². The second kappa shape index (κ2) is 19.4. The van der Waals surface area contributed by atoms with E-state index in [2.05, 4.69) is 0 Å². The van der Waals surface area contributed by atoms with Crippen LogP contribution in [0.2, 0.25) is 0 Å². The highest BCUT2D eigenvalue weighted by Crippen LogP contribution is 2.38. The topological polar surface area (TPSA) is 224 Å². The zero-order valence-electron chi connectivity index (χ0n) is 17.5. The molecule has 0 aliphatic rings. The molecule has 0 unspecified atom stereocenters. The van der Waals surface area contributed by atoms with E-state index >= 15 is 0 Å². The van der Waals surface area contributed by atoms with Crippen molar-refractivity contribution in [1.29, 1.82) is 0 Å². The minimum Gasteiger partial charge on any atom is -0.481 e. The Morgan fingerprint density at radius 2 is 0.469 bits per heavy atom. The molecule has 0 radical (unpaired) electrons. The Labute approximate surface area is 187 Å². The lowest BCUT2D eigenvalue weighted by molar-refractivity contribution is -0.137. The Bertz CT molecular complexity index is 498. The van der Waals surface area contributed by atoms with Crippen LogP contribution in [-0.2, 0) is 28.8 Å². The molecule has 0 saturated carbocycles. The van der Waals surface area contributed by atoms with Crippen LogP contribution in [0.25, 0.3) is 0 Å². The average Bonchev–Trinajstić information content (AvgIpc) is 2.66. The number of carbonyl (C=O) groups is 6. The van der Waals surface area contributed by atoms with Crippen molar-refractivity contribution in [3.63, 3.8) is 0 Å². The summed E-state index contributed by atoms with van der Waals surface area (Å²) in [5, 5.41) is 51.0. The Morgan fingerprint density at radius 3 is 0.562 bits per heavy atom. The molecule has 0 bridgehead atoms. The van der Waals surface area contributed by atoms with Gasteiger partial charge in [-0.15, -0.1) is 15.8 Å². The fraction of sp³-hybridized carbons (Fsp3) is 0.667. The van der Waals surface area contributed by atoms with Crippen molar-refractivity contribution in [2.24, 2.45) is 0 Å². The van der Waals surface area contributed by atoms with Gasteiger partial charge in [0.05, 0.1) is 0 Å². The molecule has 6 N–H and O–H groups in total. The van der Waals surface area contributed by atoms with E-state index < -0.39 is 51.7 Å². The standard InChI is InChI=1S/2C9H15O6P/c2*10-7(11)1-4-16(5-2-8(12)13)6-3-9(14)15/h2*1-6H2,(H,10,11)(H,12,13)(H,14,15). The molecule has 0 rings (SSSR count). The first-order chi connectivity index (χ1) is 14.8. The third kappa shape index (κ3) is 25.7. The maximum absolute atomic E-state index is 10.4. The summed E-state index contributed by atoms with van der Waals surface area (Å²) < 4.78 is 0. The van der Waals surface area contributed by atoms with E-state index in [-0.39, 0.29) is 38.5 Å². The van der Waals surface area contributed by atoms with Crippen molar-refractivity contribution >= 4 is 51.7 Å². The maximum Gasteiger partial charge on any atom is 0.303 e. The fourth-order valence-corrected chi connectivity index (χ4v) is 6.58. The molecule has 0 aromatic carbocycles. The van der Waals surface area contributed by atoms with Crippen LogP contribution >= 0.6 is 15.8 Å². The summed E-state index contributed by atoms with van der Waals surface area (Å²) in [6, 6.07) is 0. The molecular weight excluding hydrogens is 470 g/mol. The molecule has 12 nitrogen and oxygen atoms in total. The molecule has 32 heavy (non-hydrogen) atoms. The van der Waals surface area contributed by atoms with Gasteiger partial charge in [0.2, 0.25) is 0 Å². The van der Waals surface area contributed by atoms with Crippen LogP contribution in [0.5, 0.6) is 0 Å². The Balaban J connectivity index is 0. The van der Waals surface area contributed by atoms with Crippen molar-refractivity contribution in [2.75, 3.05) is 37.0 Å². The number of carboxylic acids is 6. The third-order valence-electron chi connectivity index (χ3n) is 3.85. The zero-order chi connectivity index (χ0) is 25.1. The van der Waals surface area contributed by atoms with Crippen LogP contribution in [0.15, 0.2) is 0 Å². The lowest BCUT2D eigenvalue weighted by Crippen LogP contribution is -2.07. The van der Waals surface area contributed by atoms with Gasteiger partial charge >= 0.3 is 35.8 Å². The molecule has 0 aliphatic carbocycles. The Hall–Kier alpha value is -2.32. The molecule has 0 aliphatic heterocycles. The van der Waals surface area contributed by atoms with Crippen molar-refractivity contribution in [3.05, 3.63) is 0 Å². The normalized spacial score (nSPS) is 10.3. The minimum absolute atomic E-state index is 0.0229. The first-order valence-corrected chi connectivity index (χ1v) is 13.4. The second-order valence-electron chi connectivity index (χ2n) is 6.55. The summed E-state index contributed by atoms with van der Waals surface area (Å²) in [6.45, 7) is 0. The van der Waals surface area contributed by atoms with Crippen molar-refractivity contribution < 1.29 is 59.4 Å². The fourth-order valence-electron chi connectivity index (χ4n) is 2.19. The summed E-state index contributed by atoms with van der Waals surface area (Å²) in [7, 11) is -1.60. The summed E-state index contributed by atoms with van der Waals surface area (Å²) in [5.74, 6) is -5.59. The molecule has 0 saturated heterocycles. The lowest BCUT2D eigenvalue weighted by Gasteiger charge is -2.14. The highest BCUT2D eigenvalue weighted by atomic mass is 31.1. The number of hydrogen-bond acceptors (Lipinski definition) is 6. The van der Waals surface area contributed by atoms with Crippen LogP contribution in [0.3, 0.4) is 0 Å². The number of aliphatic carboxylic acids is 6. The zero-order valence-corrected chi connectivity index (χ0v) is 19.3. The number of hydrogen-bond donors (Lipinski definition) is 6. The average molecular weight is 500 g/mol. The monoisotopic (exact) mass is 500 g/mol. The number of rotatable bonds is 18. The van der Waals surface area contributed by atoms with Crippen LogP contribution in [0.1, 0.15) is 38.5 Å². The highest BCUT2D eigenvalue weighted by Gasteiger charge is 2.14. The first kappa shape index (κ1) is 31.9. The predicted octanol–water partition coefficient (Wildman–Crippen LogP) is 1.78. The highest BCUT2D eigenvalue weighted by molar-refractivity contribution is 7.58. The van der Waals surface area contributed by atoms with Crippen LogP contribution in [0, 0.1) is 0 Å². The van der Waals surface area contributed by atoms with Crippen LogP contribution < -0.4 is 0 Å². The van der Waals surface area contributed by atoms with E-state index in [0.717, 1.165) is 0 Å². The minimum atomic E-state index is -0.932. The van der Waals surface area contributed by atoms with Gasteiger partial charge in [-0.1, -0.05) is 0 Å². The molecule has 0 heterocycles. The van der Waals surface area contributed by atoms with Crippen molar-refractivity contribution in [1.82, 2.24) is 0 Å². The molecule has 184 valence electrons. The largest absolute Gasteiger partial charge is 0.481 e. The van der Waals surface area contributed by atoms with Gasteiger partial charge in [0.1, 0.15) is 0 Å². The van der Waals surface area contributed by atoms with Gasteiger partial charge in [0, 0.05) is 38.5 Å². The molecule has 0 spiro atoms. The first-order valence-electron chi connectivity index (χ1n) is 9.59.